The van der Waals surface area contributed by atoms with E-state index in [0.717, 1.165) is 17.7 Å². The first-order valence-electron chi connectivity index (χ1n) is 10.1. The van der Waals surface area contributed by atoms with E-state index in [4.69, 9.17) is 4.74 Å². The number of esters is 1. The summed E-state index contributed by atoms with van der Waals surface area (Å²) in [7, 11) is 1.32. The molecule has 2 aromatic carbocycles. The minimum Gasteiger partial charge on any atom is -0.467 e. The maximum absolute atomic E-state index is 12.7. The van der Waals surface area contributed by atoms with Crippen LogP contribution in [0.3, 0.4) is 0 Å². The molecule has 0 saturated carbocycles. The van der Waals surface area contributed by atoms with Crippen molar-refractivity contribution < 1.29 is 14.3 Å². The normalized spacial score (nSPS) is 12.7. The lowest BCUT2D eigenvalue weighted by Gasteiger charge is -2.27. The molecule has 31 heavy (non-hydrogen) atoms. The summed E-state index contributed by atoms with van der Waals surface area (Å²) in [6.07, 6.45) is 1.23. The van der Waals surface area contributed by atoms with Crippen LogP contribution in [0.15, 0.2) is 65.8 Å². The zero-order valence-electron chi connectivity index (χ0n) is 17.9. The van der Waals surface area contributed by atoms with E-state index in [9.17, 15) is 9.59 Å². The van der Waals surface area contributed by atoms with Crippen LogP contribution in [0, 0.1) is 0 Å². The number of nitrogens with one attached hydrogen (secondary N) is 1. The third kappa shape index (κ3) is 5.32. The Kier molecular flexibility index (Phi) is 7.46. The van der Waals surface area contributed by atoms with Gasteiger partial charge < -0.3 is 10.1 Å². The van der Waals surface area contributed by atoms with Gasteiger partial charge in [-0.2, -0.15) is 0 Å². The summed E-state index contributed by atoms with van der Waals surface area (Å²) in [5.74, 6) is 0.0672. The number of benzene rings is 2. The lowest BCUT2D eigenvalue weighted by molar-refractivity contribution is -0.150. The molecule has 0 spiro atoms. The van der Waals surface area contributed by atoms with Gasteiger partial charge in [0.1, 0.15) is 5.54 Å². The van der Waals surface area contributed by atoms with Crippen LogP contribution in [-0.2, 0) is 14.3 Å². The predicted octanol–water partition coefficient (Wildman–Crippen LogP) is 3.87. The number of ether oxygens (including phenoxy) is 1. The van der Waals surface area contributed by atoms with Crippen LogP contribution < -0.4 is 5.32 Å². The molecule has 162 valence electrons. The van der Waals surface area contributed by atoms with Crippen LogP contribution >= 0.6 is 11.8 Å². The van der Waals surface area contributed by atoms with Gasteiger partial charge in [-0.15, -0.1) is 10.2 Å². The fraction of sp³-hybridized carbons (Fsp3) is 0.304. The average Bonchev–Trinajstić information content (AvgIpc) is 3.22. The van der Waals surface area contributed by atoms with Crippen LogP contribution in [0.4, 0.5) is 0 Å². The van der Waals surface area contributed by atoms with Gasteiger partial charge in [-0.05, 0) is 25.5 Å². The van der Waals surface area contributed by atoms with Crippen LogP contribution in [0.25, 0.3) is 17.1 Å². The molecule has 1 aromatic heterocycles. The number of hydrogen-bond acceptors (Lipinski definition) is 6. The van der Waals surface area contributed by atoms with Gasteiger partial charge in [-0.25, -0.2) is 4.79 Å². The van der Waals surface area contributed by atoms with Crippen LogP contribution in [-0.4, -0.2) is 45.0 Å². The van der Waals surface area contributed by atoms with E-state index in [-0.39, 0.29) is 11.7 Å². The van der Waals surface area contributed by atoms with E-state index in [1.54, 1.807) is 6.92 Å². The second-order valence-electron chi connectivity index (χ2n) is 7.25. The molecular formula is C23H26N4O3S. The summed E-state index contributed by atoms with van der Waals surface area (Å²) in [4.78, 5) is 24.8. The van der Waals surface area contributed by atoms with Crippen LogP contribution in [0.5, 0.6) is 0 Å². The van der Waals surface area contributed by atoms with Crippen molar-refractivity contribution in [2.75, 3.05) is 12.9 Å². The number of carbonyl (C=O) groups is 2. The van der Waals surface area contributed by atoms with Crippen molar-refractivity contribution in [1.82, 2.24) is 20.1 Å². The zero-order chi connectivity index (χ0) is 22.3. The monoisotopic (exact) mass is 438 g/mol. The molecule has 3 aromatic rings. The van der Waals surface area contributed by atoms with Crippen LogP contribution in [0.1, 0.15) is 26.7 Å². The van der Waals surface area contributed by atoms with Crippen molar-refractivity contribution in [2.24, 2.45) is 0 Å². The molecule has 0 fully saturated rings. The topological polar surface area (TPSA) is 86.1 Å². The molecule has 1 N–H and O–H groups in total. The second-order valence-corrected chi connectivity index (χ2v) is 8.20. The van der Waals surface area contributed by atoms with E-state index in [0.29, 0.717) is 17.4 Å². The number of nitrogens with zero attached hydrogens (tertiary/aromatic N) is 3. The van der Waals surface area contributed by atoms with Gasteiger partial charge in [0.2, 0.25) is 5.91 Å². The zero-order valence-corrected chi connectivity index (χ0v) is 18.7. The molecule has 0 aliphatic rings. The molecule has 0 radical (unpaired) electrons. The first kappa shape index (κ1) is 22.6. The molecule has 3 rings (SSSR count). The number of hydrogen-bond donors (Lipinski definition) is 1. The smallest absolute Gasteiger partial charge is 0.331 e. The van der Waals surface area contributed by atoms with E-state index >= 15 is 0 Å². The van der Waals surface area contributed by atoms with Crippen molar-refractivity contribution in [3.63, 3.8) is 0 Å². The van der Waals surface area contributed by atoms with E-state index in [1.165, 1.54) is 18.9 Å². The number of thioether (sulfide) groups is 1. The number of carbonyl (C=O) groups excluding carboxylic acids is 2. The number of amides is 1. The first-order chi connectivity index (χ1) is 15.0. The summed E-state index contributed by atoms with van der Waals surface area (Å²) in [5, 5.41) is 12.1. The largest absolute Gasteiger partial charge is 0.467 e. The maximum Gasteiger partial charge on any atom is 0.331 e. The third-order valence-corrected chi connectivity index (χ3v) is 5.74. The van der Waals surface area contributed by atoms with E-state index in [1.807, 2.05) is 72.2 Å². The molecule has 1 heterocycles. The van der Waals surface area contributed by atoms with E-state index < -0.39 is 11.5 Å². The Morgan fingerprint density at radius 1 is 1.06 bits per heavy atom. The number of methoxy groups -OCH3 is 1. The van der Waals surface area contributed by atoms with Crippen molar-refractivity contribution in [2.45, 2.75) is 37.4 Å². The van der Waals surface area contributed by atoms with Crippen molar-refractivity contribution >= 4 is 23.6 Å². The fourth-order valence-electron chi connectivity index (χ4n) is 3.36. The Morgan fingerprint density at radius 2 is 1.71 bits per heavy atom. The van der Waals surface area contributed by atoms with Gasteiger partial charge in [-0.3, -0.25) is 9.36 Å². The average molecular weight is 439 g/mol. The molecule has 7 nitrogen and oxygen atoms in total. The fourth-order valence-corrected chi connectivity index (χ4v) is 4.11. The Morgan fingerprint density at radius 3 is 2.32 bits per heavy atom. The molecule has 0 bridgehead atoms. The molecule has 1 atom stereocenters. The Hall–Kier alpha value is -3.13. The molecule has 8 heteroatoms. The quantitative estimate of drug-likeness (QED) is 0.403. The summed E-state index contributed by atoms with van der Waals surface area (Å²) in [6.45, 7) is 3.64. The standard InChI is InChI=1S/C23H26N4O3S/c1-4-15-23(2,21(29)30-3)24-19(28)16-31-22-26-25-20(17-11-7-5-8-12-17)27(22)18-13-9-6-10-14-18/h5-14H,4,15-16H2,1-3H3,(H,24,28). The molecule has 1 amide bonds. The van der Waals surface area contributed by atoms with E-state index in [2.05, 4.69) is 15.5 Å². The summed E-state index contributed by atoms with van der Waals surface area (Å²) in [5.41, 5.74) is 0.778. The van der Waals surface area contributed by atoms with Gasteiger partial charge in [0, 0.05) is 11.3 Å². The summed E-state index contributed by atoms with van der Waals surface area (Å²) >= 11 is 1.27. The Labute approximate surface area is 186 Å². The van der Waals surface area contributed by atoms with Gasteiger partial charge in [0.05, 0.1) is 12.9 Å². The summed E-state index contributed by atoms with van der Waals surface area (Å²) < 4.78 is 6.80. The highest BCUT2D eigenvalue weighted by Gasteiger charge is 2.35. The first-order valence-corrected chi connectivity index (χ1v) is 11.1. The number of para-hydroxylation sites is 1. The minimum absolute atomic E-state index is 0.0933. The molecule has 0 aliphatic carbocycles. The number of aromatic nitrogens is 3. The lowest BCUT2D eigenvalue weighted by Crippen LogP contribution is -2.53. The Bertz CT molecular complexity index is 1020. The molecule has 0 saturated heterocycles. The third-order valence-electron chi connectivity index (χ3n) is 4.81. The molecule has 1 unspecified atom stereocenters. The summed E-state index contributed by atoms with van der Waals surface area (Å²) in [6, 6.07) is 19.5. The maximum atomic E-state index is 12.7. The minimum atomic E-state index is -1.05. The predicted molar refractivity (Wildman–Crippen MR) is 121 cm³/mol. The SMILES string of the molecule is CCCC(C)(NC(=O)CSc1nnc(-c2ccccc2)n1-c1ccccc1)C(=O)OC. The van der Waals surface area contributed by atoms with Gasteiger partial charge in [-0.1, -0.05) is 73.6 Å². The Balaban J connectivity index is 1.83. The van der Waals surface area contributed by atoms with Crippen molar-refractivity contribution in [1.29, 1.82) is 0 Å². The molecular weight excluding hydrogens is 412 g/mol. The number of rotatable bonds is 9. The van der Waals surface area contributed by atoms with Gasteiger partial charge in [0.15, 0.2) is 11.0 Å². The highest BCUT2D eigenvalue weighted by molar-refractivity contribution is 7.99. The van der Waals surface area contributed by atoms with Gasteiger partial charge in [0.25, 0.3) is 0 Å². The lowest BCUT2D eigenvalue weighted by atomic mass is 9.96. The van der Waals surface area contributed by atoms with Gasteiger partial charge >= 0.3 is 5.97 Å². The van der Waals surface area contributed by atoms with Crippen molar-refractivity contribution in [3.05, 3.63) is 60.7 Å². The van der Waals surface area contributed by atoms with Crippen LogP contribution in [0.2, 0.25) is 0 Å². The highest BCUT2D eigenvalue weighted by atomic mass is 32.2. The highest BCUT2D eigenvalue weighted by Crippen LogP contribution is 2.28. The van der Waals surface area contributed by atoms with Crippen molar-refractivity contribution in [3.8, 4) is 17.1 Å². The second kappa shape index (κ2) is 10.3. The molecule has 0 aliphatic heterocycles.